The molecule has 2 atom stereocenters. The summed E-state index contributed by atoms with van der Waals surface area (Å²) in [4.78, 5) is 2.59. The normalized spacial score (nSPS) is 28.1. The Morgan fingerprint density at radius 3 is 2.74 bits per heavy atom. The van der Waals surface area contributed by atoms with Crippen LogP contribution in [0, 0.1) is 11.8 Å². The van der Waals surface area contributed by atoms with Crippen LogP contribution in [0.5, 0.6) is 5.75 Å². The minimum atomic E-state index is 0.328. The van der Waals surface area contributed by atoms with E-state index in [9.17, 15) is 5.11 Å². The summed E-state index contributed by atoms with van der Waals surface area (Å²) in [5, 5.41) is 9.54. The molecule has 2 nitrogen and oxygen atoms in total. The molecule has 1 saturated heterocycles. The van der Waals surface area contributed by atoms with E-state index in [0.717, 1.165) is 22.9 Å². The zero-order valence-corrected chi connectivity index (χ0v) is 12.9. The minimum absolute atomic E-state index is 0.328. The molecular weight excluding hydrogens is 302 g/mol. The van der Waals surface area contributed by atoms with Gasteiger partial charge in [-0.25, -0.2) is 0 Å². The van der Waals surface area contributed by atoms with E-state index in [1.807, 2.05) is 12.1 Å². The third-order valence-electron chi connectivity index (χ3n) is 4.79. The lowest BCUT2D eigenvalue weighted by atomic mass is 9.75. The Balaban J connectivity index is 1.62. The smallest absolute Gasteiger partial charge is 0.129 e. The van der Waals surface area contributed by atoms with Gasteiger partial charge in [0.15, 0.2) is 0 Å². The zero-order chi connectivity index (χ0) is 13.2. The van der Waals surface area contributed by atoms with E-state index in [1.54, 1.807) is 6.07 Å². The molecule has 1 N–H and O–H groups in total. The minimum Gasteiger partial charge on any atom is -0.507 e. The third kappa shape index (κ3) is 3.14. The summed E-state index contributed by atoms with van der Waals surface area (Å²) < 4.78 is 0.803. The van der Waals surface area contributed by atoms with E-state index in [-0.39, 0.29) is 0 Å². The van der Waals surface area contributed by atoms with E-state index in [0.29, 0.717) is 5.75 Å². The van der Waals surface area contributed by atoms with Gasteiger partial charge in [-0.15, -0.1) is 0 Å². The Bertz CT molecular complexity index is 448. The Morgan fingerprint density at radius 1 is 1.16 bits per heavy atom. The number of hydrogen-bond donors (Lipinski definition) is 1. The molecule has 0 aromatic heterocycles. The van der Waals surface area contributed by atoms with E-state index in [2.05, 4.69) is 20.8 Å². The van der Waals surface area contributed by atoms with Crippen molar-refractivity contribution < 1.29 is 5.11 Å². The van der Waals surface area contributed by atoms with E-state index >= 15 is 0 Å². The van der Waals surface area contributed by atoms with Crippen molar-refractivity contribution in [2.45, 2.75) is 38.6 Å². The molecule has 3 heteroatoms. The van der Waals surface area contributed by atoms with Crippen LogP contribution in [0.4, 0.5) is 0 Å². The molecule has 1 aromatic rings. The summed E-state index contributed by atoms with van der Waals surface area (Å²) in [6.45, 7) is 3.52. The lowest BCUT2D eigenvalue weighted by Gasteiger charge is -2.41. The first-order valence-corrected chi connectivity index (χ1v) is 8.21. The molecule has 2 fully saturated rings. The highest BCUT2D eigenvalue weighted by Crippen LogP contribution is 2.36. The van der Waals surface area contributed by atoms with Gasteiger partial charge in [-0.3, -0.25) is 4.90 Å². The van der Waals surface area contributed by atoms with Crippen LogP contribution in [0.25, 0.3) is 0 Å². The molecule has 0 bridgehead atoms. The fourth-order valence-electron chi connectivity index (χ4n) is 3.73. The topological polar surface area (TPSA) is 23.5 Å². The lowest BCUT2D eigenvalue weighted by molar-refractivity contribution is 0.0820. The number of aromatic hydroxyl groups is 1. The van der Waals surface area contributed by atoms with Crippen LogP contribution in [-0.2, 0) is 6.54 Å². The van der Waals surface area contributed by atoms with Crippen molar-refractivity contribution >= 4 is 15.9 Å². The standard InChI is InChI=1S/C16H22BrNO/c17-15-9-12(5-6-16(15)19)10-18-8-7-13-3-1-2-4-14(13)11-18/h5-6,9,13-14,19H,1-4,7-8,10-11H2. The second-order valence-corrected chi connectivity index (χ2v) is 6.97. The first-order chi connectivity index (χ1) is 9.22. The summed E-state index contributed by atoms with van der Waals surface area (Å²) in [6.07, 6.45) is 7.15. The Hall–Kier alpha value is -0.540. The van der Waals surface area contributed by atoms with Gasteiger partial charge in [0.1, 0.15) is 5.75 Å². The lowest BCUT2D eigenvalue weighted by Crippen LogP contribution is -2.41. The molecule has 2 unspecified atom stereocenters. The van der Waals surface area contributed by atoms with Crippen LogP contribution >= 0.6 is 15.9 Å². The number of rotatable bonds is 2. The molecule has 19 heavy (non-hydrogen) atoms. The number of piperidine rings is 1. The molecule has 104 valence electrons. The highest BCUT2D eigenvalue weighted by atomic mass is 79.9. The van der Waals surface area contributed by atoms with Gasteiger partial charge < -0.3 is 5.11 Å². The van der Waals surface area contributed by atoms with Crippen LogP contribution < -0.4 is 0 Å². The molecule has 1 saturated carbocycles. The largest absolute Gasteiger partial charge is 0.507 e. The number of phenolic OH excluding ortho intramolecular Hbond substituents is 1. The third-order valence-corrected chi connectivity index (χ3v) is 5.43. The van der Waals surface area contributed by atoms with Crippen molar-refractivity contribution in [3.8, 4) is 5.75 Å². The molecule has 0 spiro atoms. The Kier molecular flexibility index (Phi) is 4.13. The van der Waals surface area contributed by atoms with Crippen LogP contribution in [-0.4, -0.2) is 23.1 Å². The molecule has 2 aliphatic rings. The van der Waals surface area contributed by atoms with Crippen molar-refractivity contribution in [2.75, 3.05) is 13.1 Å². The predicted molar refractivity (Wildman–Crippen MR) is 81.1 cm³/mol. The molecule has 1 aromatic carbocycles. The van der Waals surface area contributed by atoms with Gasteiger partial charge in [0.25, 0.3) is 0 Å². The van der Waals surface area contributed by atoms with E-state index in [1.165, 1.54) is 50.8 Å². The van der Waals surface area contributed by atoms with Crippen molar-refractivity contribution in [2.24, 2.45) is 11.8 Å². The van der Waals surface area contributed by atoms with Crippen LogP contribution in [0.15, 0.2) is 22.7 Å². The summed E-state index contributed by atoms with van der Waals surface area (Å²) in [7, 11) is 0. The van der Waals surface area contributed by atoms with Crippen molar-refractivity contribution in [3.05, 3.63) is 28.2 Å². The monoisotopic (exact) mass is 323 g/mol. The second kappa shape index (κ2) is 5.84. The van der Waals surface area contributed by atoms with Gasteiger partial charge >= 0.3 is 0 Å². The fraction of sp³-hybridized carbons (Fsp3) is 0.625. The number of fused-ring (bicyclic) bond motifs is 1. The van der Waals surface area contributed by atoms with Crippen molar-refractivity contribution in [3.63, 3.8) is 0 Å². The number of phenols is 1. The fourth-order valence-corrected chi connectivity index (χ4v) is 4.15. The average Bonchev–Trinajstić information content (AvgIpc) is 2.43. The molecule has 1 heterocycles. The van der Waals surface area contributed by atoms with Gasteiger partial charge in [-0.05, 0) is 64.8 Å². The summed E-state index contributed by atoms with van der Waals surface area (Å²) >= 11 is 3.40. The SMILES string of the molecule is Oc1ccc(CN2CCC3CCCCC3C2)cc1Br. The molecular formula is C16H22BrNO. The highest BCUT2D eigenvalue weighted by Gasteiger charge is 2.30. The molecule has 3 rings (SSSR count). The molecule has 0 radical (unpaired) electrons. The second-order valence-electron chi connectivity index (χ2n) is 6.11. The number of halogens is 1. The van der Waals surface area contributed by atoms with E-state index in [4.69, 9.17) is 0 Å². The Morgan fingerprint density at radius 2 is 1.95 bits per heavy atom. The number of hydrogen-bond acceptors (Lipinski definition) is 2. The first-order valence-electron chi connectivity index (χ1n) is 7.42. The van der Waals surface area contributed by atoms with Gasteiger partial charge in [-0.2, -0.15) is 0 Å². The zero-order valence-electron chi connectivity index (χ0n) is 11.3. The van der Waals surface area contributed by atoms with Crippen LogP contribution in [0.1, 0.15) is 37.7 Å². The molecule has 1 aliphatic heterocycles. The highest BCUT2D eigenvalue weighted by molar-refractivity contribution is 9.10. The maximum atomic E-state index is 9.54. The average molecular weight is 324 g/mol. The maximum absolute atomic E-state index is 9.54. The van der Waals surface area contributed by atoms with Gasteiger partial charge in [0.05, 0.1) is 4.47 Å². The van der Waals surface area contributed by atoms with Crippen LogP contribution in [0.3, 0.4) is 0 Å². The van der Waals surface area contributed by atoms with Gasteiger partial charge in [0.2, 0.25) is 0 Å². The van der Waals surface area contributed by atoms with E-state index < -0.39 is 0 Å². The van der Waals surface area contributed by atoms with Crippen molar-refractivity contribution in [1.29, 1.82) is 0 Å². The summed E-state index contributed by atoms with van der Waals surface area (Å²) in [5.74, 6) is 2.26. The summed E-state index contributed by atoms with van der Waals surface area (Å²) in [5.41, 5.74) is 1.29. The Labute approximate surface area is 123 Å². The molecule has 0 amide bonds. The number of nitrogens with zero attached hydrogens (tertiary/aromatic N) is 1. The molecule has 1 aliphatic carbocycles. The quantitative estimate of drug-likeness (QED) is 0.883. The predicted octanol–water partition coefficient (Wildman–Crippen LogP) is 4.17. The van der Waals surface area contributed by atoms with Gasteiger partial charge in [-0.1, -0.05) is 25.3 Å². The van der Waals surface area contributed by atoms with Gasteiger partial charge in [0, 0.05) is 13.1 Å². The first kappa shape index (κ1) is 13.4. The number of likely N-dealkylation sites (tertiary alicyclic amines) is 1. The summed E-state index contributed by atoms with van der Waals surface area (Å²) in [6, 6.07) is 5.86. The maximum Gasteiger partial charge on any atom is 0.129 e. The van der Waals surface area contributed by atoms with Crippen LogP contribution in [0.2, 0.25) is 0 Å². The van der Waals surface area contributed by atoms with Crippen molar-refractivity contribution in [1.82, 2.24) is 4.90 Å². The number of benzene rings is 1.